The van der Waals surface area contributed by atoms with Gasteiger partial charge in [-0.1, -0.05) is 12.1 Å². The van der Waals surface area contributed by atoms with Gasteiger partial charge in [-0.2, -0.15) is 0 Å². The highest BCUT2D eigenvalue weighted by molar-refractivity contribution is 5.78. The van der Waals surface area contributed by atoms with Crippen LogP contribution in [-0.4, -0.2) is 70.2 Å². The predicted molar refractivity (Wildman–Crippen MR) is 133 cm³/mol. The minimum absolute atomic E-state index is 0.298. The van der Waals surface area contributed by atoms with Gasteiger partial charge in [0, 0.05) is 45.5 Å². The van der Waals surface area contributed by atoms with Gasteiger partial charge in [-0.25, -0.2) is 4.98 Å². The van der Waals surface area contributed by atoms with Crippen molar-refractivity contribution in [1.82, 2.24) is 24.2 Å². The lowest BCUT2D eigenvalue weighted by atomic mass is 9.90. The summed E-state index contributed by atoms with van der Waals surface area (Å²) >= 11 is 0. The molecule has 3 aromatic rings. The molecule has 178 valence electrons. The second-order valence-corrected chi connectivity index (χ2v) is 10.3. The number of carbonyl (C=O) groups is 1. The quantitative estimate of drug-likeness (QED) is 0.505. The molecule has 34 heavy (non-hydrogen) atoms. The van der Waals surface area contributed by atoms with Crippen LogP contribution >= 0.6 is 0 Å². The molecule has 7 nitrogen and oxygen atoms in total. The molecule has 3 aliphatic rings. The molecule has 0 spiro atoms. The highest BCUT2D eigenvalue weighted by Crippen LogP contribution is 2.38. The van der Waals surface area contributed by atoms with Crippen molar-refractivity contribution in [1.29, 1.82) is 0 Å². The fourth-order valence-electron chi connectivity index (χ4n) is 5.73. The smallest absolute Gasteiger partial charge is 0.168 e. The average molecular weight is 459 g/mol. The largest absolute Gasteiger partial charge is 0.355 e. The van der Waals surface area contributed by atoms with Crippen LogP contribution in [0.3, 0.4) is 0 Å². The van der Waals surface area contributed by atoms with Crippen molar-refractivity contribution in [2.24, 2.45) is 5.92 Å². The number of pyridine rings is 2. The Kier molecular flexibility index (Phi) is 5.83. The molecule has 0 bridgehead atoms. The van der Waals surface area contributed by atoms with E-state index in [4.69, 9.17) is 9.97 Å². The highest BCUT2D eigenvalue weighted by atomic mass is 16.1. The van der Waals surface area contributed by atoms with Crippen molar-refractivity contribution in [3.05, 3.63) is 59.2 Å². The van der Waals surface area contributed by atoms with E-state index < -0.39 is 0 Å². The first kappa shape index (κ1) is 21.7. The van der Waals surface area contributed by atoms with Gasteiger partial charge in [0.2, 0.25) is 0 Å². The third-order valence-corrected chi connectivity index (χ3v) is 7.82. The van der Waals surface area contributed by atoms with Crippen LogP contribution in [-0.2, 0) is 13.0 Å². The number of fused-ring (bicyclic) bond motifs is 2. The van der Waals surface area contributed by atoms with Crippen molar-refractivity contribution in [2.45, 2.75) is 44.7 Å². The molecule has 6 rings (SSSR count). The fraction of sp³-hybridized carbons (Fsp3) is 0.519. The summed E-state index contributed by atoms with van der Waals surface area (Å²) in [5.41, 5.74) is 5.05. The molecule has 1 atom stereocenters. The lowest BCUT2D eigenvalue weighted by Crippen LogP contribution is -2.45. The van der Waals surface area contributed by atoms with Crippen molar-refractivity contribution >= 4 is 17.8 Å². The molecule has 3 aromatic heterocycles. The first-order valence-corrected chi connectivity index (χ1v) is 12.8. The SMILES string of the molecule is CN1CCN(c2cccc3nc(CN(CC4CC4)[C@H]4CCCc5cccnc54)c(C=O)n23)CC1. The van der Waals surface area contributed by atoms with Crippen LogP contribution in [0.5, 0.6) is 0 Å². The Morgan fingerprint density at radius 2 is 1.94 bits per heavy atom. The predicted octanol–water partition coefficient (Wildman–Crippen LogP) is 3.58. The lowest BCUT2D eigenvalue weighted by Gasteiger charge is -2.35. The number of aldehydes is 1. The van der Waals surface area contributed by atoms with Crippen molar-refractivity contribution in [2.75, 3.05) is 44.7 Å². The molecule has 0 unspecified atom stereocenters. The van der Waals surface area contributed by atoms with Crippen molar-refractivity contribution in [3.63, 3.8) is 0 Å². The van der Waals surface area contributed by atoms with Crippen LogP contribution in [0.15, 0.2) is 36.5 Å². The molecule has 1 aliphatic heterocycles. The van der Waals surface area contributed by atoms with E-state index in [2.05, 4.69) is 50.4 Å². The van der Waals surface area contributed by atoms with E-state index >= 15 is 0 Å². The minimum atomic E-state index is 0.298. The van der Waals surface area contributed by atoms with E-state index in [1.54, 1.807) is 0 Å². The first-order chi connectivity index (χ1) is 16.7. The number of carbonyl (C=O) groups excluding carboxylic acids is 1. The Balaban J connectivity index is 1.36. The van der Waals surface area contributed by atoms with Gasteiger partial charge in [0.25, 0.3) is 0 Å². The molecule has 0 aromatic carbocycles. The maximum Gasteiger partial charge on any atom is 0.168 e. The van der Waals surface area contributed by atoms with Crippen LogP contribution in [0.4, 0.5) is 5.82 Å². The first-order valence-electron chi connectivity index (χ1n) is 12.8. The number of anilines is 1. The molecule has 2 fully saturated rings. The van der Waals surface area contributed by atoms with Crippen LogP contribution < -0.4 is 4.90 Å². The zero-order valence-corrected chi connectivity index (χ0v) is 20.1. The normalized spacial score (nSPS) is 21.2. The molecular formula is C27H34N6O. The van der Waals surface area contributed by atoms with Gasteiger partial charge >= 0.3 is 0 Å². The summed E-state index contributed by atoms with van der Waals surface area (Å²) in [4.78, 5) is 29.6. The van der Waals surface area contributed by atoms with E-state index in [-0.39, 0.29) is 0 Å². The summed E-state index contributed by atoms with van der Waals surface area (Å²) < 4.78 is 2.08. The monoisotopic (exact) mass is 458 g/mol. The molecule has 1 saturated heterocycles. The van der Waals surface area contributed by atoms with Crippen LogP contribution in [0.1, 0.15) is 59.2 Å². The molecule has 4 heterocycles. The number of hydrogen-bond donors (Lipinski definition) is 0. The van der Waals surface area contributed by atoms with Gasteiger partial charge in [-0.05, 0) is 68.8 Å². The average Bonchev–Trinajstić information content (AvgIpc) is 3.62. The van der Waals surface area contributed by atoms with Crippen LogP contribution in [0, 0.1) is 5.92 Å². The minimum Gasteiger partial charge on any atom is -0.355 e. The number of aromatic nitrogens is 3. The molecule has 2 aliphatic carbocycles. The maximum atomic E-state index is 12.5. The lowest BCUT2D eigenvalue weighted by molar-refractivity contribution is 0.111. The van der Waals surface area contributed by atoms with E-state index in [9.17, 15) is 4.79 Å². The molecule has 0 amide bonds. The van der Waals surface area contributed by atoms with Gasteiger partial charge in [0.1, 0.15) is 17.2 Å². The van der Waals surface area contributed by atoms with Gasteiger partial charge in [-0.15, -0.1) is 0 Å². The molecule has 0 radical (unpaired) electrons. The summed E-state index contributed by atoms with van der Waals surface area (Å²) in [6, 6.07) is 10.8. The maximum absolute atomic E-state index is 12.5. The van der Waals surface area contributed by atoms with E-state index in [0.29, 0.717) is 18.3 Å². The van der Waals surface area contributed by atoms with Gasteiger partial charge in [-0.3, -0.25) is 19.1 Å². The summed E-state index contributed by atoms with van der Waals surface area (Å²) in [6.07, 6.45) is 8.96. The Morgan fingerprint density at radius 1 is 1.09 bits per heavy atom. The van der Waals surface area contributed by atoms with Gasteiger partial charge in [0.15, 0.2) is 6.29 Å². The molecule has 7 heteroatoms. The number of aryl methyl sites for hydroxylation is 1. The zero-order valence-electron chi connectivity index (χ0n) is 20.1. The summed E-state index contributed by atoms with van der Waals surface area (Å²) in [6.45, 7) is 5.71. The standard InChI is InChI=1S/C27H34N6O/c1-30-13-15-31(16-14-30)26-9-3-8-25-29-22(24(19-34)33(25)26)18-32(17-20-10-11-20)23-7-2-5-21-6-4-12-28-27(21)23/h3-4,6,8-9,12,19-20,23H,2,5,7,10-11,13-18H2,1H3/t23-/m0/s1. The van der Waals surface area contributed by atoms with E-state index in [0.717, 1.165) is 74.9 Å². The third kappa shape index (κ3) is 4.12. The van der Waals surface area contributed by atoms with Crippen molar-refractivity contribution < 1.29 is 4.79 Å². The topological polar surface area (TPSA) is 57.0 Å². The van der Waals surface area contributed by atoms with E-state index in [1.807, 2.05) is 12.3 Å². The Labute approximate surface area is 201 Å². The fourth-order valence-corrected chi connectivity index (χ4v) is 5.73. The second kappa shape index (κ2) is 9.12. The highest BCUT2D eigenvalue weighted by Gasteiger charge is 2.33. The summed E-state index contributed by atoms with van der Waals surface area (Å²) in [7, 11) is 2.16. The number of hydrogen-bond acceptors (Lipinski definition) is 6. The zero-order chi connectivity index (χ0) is 23.1. The number of nitrogens with zero attached hydrogens (tertiary/aromatic N) is 6. The Morgan fingerprint density at radius 3 is 2.74 bits per heavy atom. The van der Waals surface area contributed by atoms with Gasteiger partial charge in [0.05, 0.1) is 17.4 Å². The second-order valence-electron chi connectivity index (χ2n) is 10.3. The van der Waals surface area contributed by atoms with Crippen LogP contribution in [0.25, 0.3) is 5.65 Å². The van der Waals surface area contributed by atoms with E-state index in [1.165, 1.54) is 30.5 Å². The van der Waals surface area contributed by atoms with Gasteiger partial charge < -0.3 is 9.80 Å². The Hall–Kier alpha value is -2.77. The molecule has 1 saturated carbocycles. The summed E-state index contributed by atoms with van der Waals surface area (Å²) in [5.74, 6) is 1.83. The van der Waals surface area contributed by atoms with Crippen LogP contribution in [0.2, 0.25) is 0 Å². The summed E-state index contributed by atoms with van der Waals surface area (Å²) in [5, 5.41) is 0. The number of rotatable bonds is 7. The molecule has 0 N–H and O–H groups in total. The number of imidazole rings is 1. The molecular weight excluding hydrogens is 424 g/mol. The number of likely N-dealkylation sites (N-methyl/N-ethyl adjacent to an activating group) is 1. The number of piperazine rings is 1. The Bertz CT molecular complexity index is 1180. The van der Waals surface area contributed by atoms with Crippen molar-refractivity contribution in [3.8, 4) is 0 Å². The third-order valence-electron chi connectivity index (χ3n) is 7.82.